The highest BCUT2D eigenvalue weighted by Crippen LogP contribution is 2.48. The average molecular weight is 980 g/mol. The van der Waals surface area contributed by atoms with E-state index in [0.717, 1.165) is 17.4 Å². The Kier molecular flexibility index (Phi) is 33.7. The number of aromatic nitrogens is 2. The minimum Gasteiger partial charge on any atom is -0.143 e. The van der Waals surface area contributed by atoms with Gasteiger partial charge in [0.05, 0.1) is 14.5 Å². The fourth-order valence-electron chi connectivity index (χ4n) is 10.6. The third kappa shape index (κ3) is 24.7. The van der Waals surface area contributed by atoms with Crippen molar-refractivity contribution in [2.45, 2.75) is 297 Å². The molecule has 0 aliphatic rings. The smallest absolute Gasteiger partial charge is 0.126 e. The highest BCUT2D eigenvalue weighted by atomic mass is 32.1. The first-order chi connectivity index (χ1) is 32.7. The minimum absolute atomic E-state index is 0.815. The van der Waals surface area contributed by atoms with Gasteiger partial charge in [-0.2, -0.15) is 0 Å². The summed E-state index contributed by atoms with van der Waals surface area (Å²) < 4.78 is 5.84. The quantitative estimate of drug-likeness (QED) is 0.0412. The first-order valence-electron chi connectivity index (χ1n) is 29.1. The molecule has 0 saturated heterocycles. The maximum Gasteiger partial charge on any atom is 0.126 e. The van der Waals surface area contributed by atoms with Crippen molar-refractivity contribution in [3.63, 3.8) is 0 Å². The van der Waals surface area contributed by atoms with Crippen molar-refractivity contribution in [3.05, 3.63) is 34.0 Å². The summed E-state index contributed by atoms with van der Waals surface area (Å²) in [5.74, 6) is 1.63. The Labute approximate surface area is 425 Å². The van der Waals surface area contributed by atoms with Crippen molar-refractivity contribution in [1.29, 1.82) is 0 Å². The Bertz CT molecular complexity index is 1560. The normalized spacial score (nSPS) is 12.8. The van der Waals surface area contributed by atoms with Crippen LogP contribution < -0.4 is 0 Å². The second-order valence-electron chi connectivity index (χ2n) is 21.0. The third-order valence-electron chi connectivity index (χ3n) is 14.8. The molecule has 2 atom stereocenters. The molecule has 2 nitrogen and oxygen atoms in total. The number of thiophene rings is 3. The Balaban J connectivity index is 1.33. The molecule has 0 radical (unpaired) electrons. The molecule has 4 aromatic heterocycles. The number of nitrogens with zero attached hydrogens (tertiary/aromatic N) is 2. The van der Waals surface area contributed by atoms with Crippen molar-refractivity contribution in [2.75, 3.05) is 0 Å². The lowest BCUT2D eigenvalue weighted by molar-refractivity contribution is 0.400. The largest absolute Gasteiger partial charge is 0.143 e. The second kappa shape index (κ2) is 38.6. The summed E-state index contributed by atoms with van der Waals surface area (Å²) in [7, 11) is 0. The molecule has 0 fully saturated rings. The van der Waals surface area contributed by atoms with Crippen LogP contribution in [0.1, 0.15) is 296 Å². The zero-order valence-corrected chi connectivity index (χ0v) is 47.0. The van der Waals surface area contributed by atoms with Crippen LogP contribution in [0.4, 0.5) is 0 Å². The molecule has 66 heavy (non-hydrogen) atoms. The number of hydrogen-bond donors (Lipinski definition) is 0. The number of hydrogen-bond acceptors (Lipinski definition) is 6. The maximum atomic E-state index is 4.77. The van der Waals surface area contributed by atoms with Gasteiger partial charge in [0.1, 0.15) is 5.52 Å². The van der Waals surface area contributed by atoms with E-state index in [1.54, 1.807) is 22.7 Å². The Hall–Kier alpha value is -1.08. The van der Waals surface area contributed by atoms with Crippen molar-refractivity contribution in [1.82, 2.24) is 9.59 Å². The van der Waals surface area contributed by atoms with E-state index in [1.807, 2.05) is 34.0 Å². The Morgan fingerprint density at radius 3 is 1.02 bits per heavy atom. The van der Waals surface area contributed by atoms with Crippen LogP contribution in [0.5, 0.6) is 0 Å². The molecule has 0 aliphatic heterocycles. The molecule has 4 rings (SSSR count). The Morgan fingerprint density at radius 1 is 0.379 bits per heavy atom. The predicted octanol–water partition coefficient (Wildman–Crippen LogP) is 23.2. The fourth-order valence-corrected chi connectivity index (χ4v) is 14.8. The standard InChI is InChI=1S/C60H102N2S4/c1-5-9-13-17-21-25-27-31-35-39-42-51(41-37-33-29-23-19-15-11-7-3)45-53-47-55(63-49-53)58-57-60(66-62-61-57)59(65-58)56-48-54(50-64-56)46-52(43-38-34-30-24-20-16-12-8-4)44-40-36-32-28-26-22-18-14-10-6-2/h47-52H,5-46H2,1-4H3. The molecule has 0 aliphatic carbocycles. The van der Waals surface area contributed by atoms with Crippen LogP contribution in [0, 0.1) is 11.8 Å². The van der Waals surface area contributed by atoms with Crippen LogP contribution in [0.2, 0.25) is 0 Å². The molecule has 376 valence electrons. The van der Waals surface area contributed by atoms with E-state index < -0.39 is 0 Å². The van der Waals surface area contributed by atoms with Gasteiger partial charge in [-0.25, -0.2) is 0 Å². The lowest BCUT2D eigenvalue weighted by Crippen LogP contribution is -2.05. The fraction of sp³-hybridized carbons (Fsp3) is 0.800. The molecule has 0 saturated carbocycles. The minimum atomic E-state index is 0.815. The summed E-state index contributed by atoms with van der Waals surface area (Å²) in [6.45, 7) is 9.30. The van der Waals surface area contributed by atoms with Crippen LogP contribution in [-0.2, 0) is 12.8 Å². The van der Waals surface area contributed by atoms with E-state index >= 15 is 0 Å². The van der Waals surface area contributed by atoms with Gasteiger partial charge in [0, 0.05) is 9.75 Å². The molecule has 0 spiro atoms. The molecular formula is C60H102N2S4. The van der Waals surface area contributed by atoms with Gasteiger partial charge >= 0.3 is 0 Å². The lowest BCUT2D eigenvalue weighted by atomic mass is 9.89. The van der Waals surface area contributed by atoms with Gasteiger partial charge in [-0.05, 0) is 70.2 Å². The highest BCUT2D eigenvalue weighted by molar-refractivity contribution is 7.30. The van der Waals surface area contributed by atoms with E-state index in [-0.39, 0.29) is 0 Å². The molecule has 6 heteroatoms. The first-order valence-corrected chi connectivity index (χ1v) is 32.4. The summed E-state index contributed by atoms with van der Waals surface area (Å²) in [4.78, 5) is 5.59. The molecule has 0 aromatic carbocycles. The predicted molar refractivity (Wildman–Crippen MR) is 304 cm³/mol. The summed E-state index contributed by atoms with van der Waals surface area (Å²) in [6, 6.07) is 5.10. The van der Waals surface area contributed by atoms with Crippen molar-refractivity contribution < 1.29 is 0 Å². The Morgan fingerprint density at radius 2 is 0.682 bits per heavy atom. The van der Waals surface area contributed by atoms with Crippen LogP contribution in [0.3, 0.4) is 0 Å². The van der Waals surface area contributed by atoms with Crippen LogP contribution >= 0.6 is 45.5 Å². The molecule has 4 aromatic rings. The number of unbranched alkanes of at least 4 members (excludes halogenated alkanes) is 32. The van der Waals surface area contributed by atoms with Crippen LogP contribution in [-0.4, -0.2) is 9.59 Å². The number of rotatable bonds is 46. The van der Waals surface area contributed by atoms with Crippen LogP contribution in [0.15, 0.2) is 22.9 Å². The van der Waals surface area contributed by atoms with E-state index in [1.165, 1.54) is 294 Å². The summed E-state index contributed by atoms with van der Waals surface area (Å²) in [5, 5.41) is 9.76. The van der Waals surface area contributed by atoms with E-state index in [4.69, 9.17) is 5.10 Å². The highest BCUT2D eigenvalue weighted by Gasteiger charge is 2.22. The summed E-state index contributed by atoms with van der Waals surface area (Å²) in [5.41, 5.74) is 4.26. The van der Waals surface area contributed by atoms with Crippen molar-refractivity contribution in [2.24, 2.45) is 11.8 Å². The van der Waals surface area contributed by atoms with Gasteiger partial charge in [-0.15, -0.1) is 39.1 Å². The van der Waals surface area contributed by atoms with E-state index in [2.05, 4.69) is 55.1 Å². The zero-order valence-electron chi connectivity index (χ0n) is 43.7. The second-order valence-corrected chi connectivity index (χ2v) is 24.6. The molecule has 2 unspecified atom stereocenters. The van der Waals surface area contributed by atoms with Gasteiger partial charge in [0.25, 0.3) is 0 Å². The number of fused-ring (bicyclic) bond motifs is 1. The zero-order chi connectivity index (χ0) is 46.5. The molecule has 0 amide bonds. The monoisotopic (exact) mass is 979 g/mol. The van der Waals surface area contributed by atoms with Gasteiger partial charge in [0.15, 0.2) is 0 Å². The van der Waals surface area contributed by atoms with Gasteiger partial charge < -0.3 is 0 Å². The summed E-state index contributed by atoms with van der Waals surface area (Å²) >= 11 is 7.52. The average Bonchev–Trinajstić information content (AvgIpc) is 4.16. The topological polar surface area (TPSA) is 25.8 Å². The SMILES string of the molecule is CCCCCCCCCCCCC(CCCCCCCCCC)Cc1csc(-c2sc(-c3cc(CC(CCCCCCCCCC)CCCCCCCCCCCC)cs3)c3snnc23)c1. The molecule has 0 bridgehead atoms. The van der Waals surface area contributed by atoms with E-state index in [0.29, 0.717) is 0 Å². The van der Waals surface area contributed by atoms with Crippen molar-refractivity contribution >= 4 is 55.8 Å². The molecule has 4 heterocycles. The summed E-state index contributed by atoms with van der Waals surface area (Å²) in [6.07, 6.45) is 59.3. The molecular weight excluding hydrogens is 877 g/mol. The lowest BCUT2D eigenvalue weighted by Gasteiger charge is -2.16. The first kappa shape index (κ1) is 57.5. The van der Waals surface area contributed by atoms with Crippen LogP contribution in [0.25, 0.3) is 29.7 Å². The van der Waals surface area contributed by atoms with Gasteiger partial charge in [-0.1, -0.05) is 289 Å². The molecule has 0 N–H and O–H groups in total. The van der Waals surface area contributed by atoms with Gasteiger partial charge in [-0.3, -0.25) is 0 Å². The maximum absolute atomic E-state index is 4.77. The van der Waals surface area contributed by atoms with Crippen molar-refractivity contribution in [3.8, 4) is 19.5 Å². The van der Waals surface area contributed by atoms with Gasteiger partial charge in [0.2, 0.25) is 0 Å². The van der Waals surface area contributed by atoms with E-state index in [9.17, 15) is 0 Å². The third-order valence-corrected chi connectivity index (χ3v) is 19.2.